The molecule has 0 spiro atoms. The molecular weight excluding hydrogens is 772 g/mol. The number of sulfone groups is 2. The van der Waals surface area contributed by atoms with E-state index in [1.807, 2.05) is 13.8 Å². The average molecular weight is 831 g/mol. The molecule has 0 saturated heterocycles. The Morgan fingerprint density at radius 1 is 0.782 bits per heavy atom. The lowest BCUT2D eigenvalue weighted by molar-refractivity contribution is -0.130. The van der Waals surface area contributed by atoms with E-state index >= 15 is 0 Å². The van der Waals surface area contributed by atoms with Crippen LogP contribution in [0, 0.1) is 11.8 Å². The summed E-state index contributed by atoms with van der Waals surface area (Å²) < 4.78 is 76.7. The largest absolute Gasteiger partial charge is 0.443 e. The van der Waals surface area contributed by atoms with Gasteiger partial charge in [0.2, 0.25) is 11.8 Å². The molecule has 0 saturated carbocycles. The van der Waals surface area contributed by atoms with Crippen LogP contribution >= 0.6 is 7.60 Å². The molecule has 0 aliphatic carbocycles. The highest BCUT2D eigenvalue weighted by Crippen LogP contribution is 2.50. The zero-order chi connectivity index (χ0) is 42.0. The minimum atomic E-state index is -3.68. The number of amides is 3. The van der Waals surface area contributed by atoms with Crippen LogP contribution in [0.1, 0.15) is 75.7 Å². The fraction of sp³-hybridized carbons (Fsp3) is 0.541. The van der Waals surface area contributed by atoms with Crippen LogP contribution in [-0.2, 0) is 47.6 Å². The summed E-state index contributed by atoms with van der Waals surface area (Å²) in [6.45, 7) is 17.7. The monoisotopic (exact) mass is 830 g/mol. The lowest BCUT2D eigenvalue weighted by Crippen LogP contribution is -2.58. The Hall–Kier alpha value is -3.60. The van der Waals surface area contributed by atoms with Crippen molar-refractivity contribution < 1.29 is 49.6 Å². The second-order valence-corrected chi connectivity index (χ2v) is 20.5. The average Bonchev–Trinajstić information content (AvgIpc) is 3.07. The smallest absolute Gasteiger partial charge is 0.422 e. The maximum absolute atomic E-state index is 12.9. The van der Waals surface area contributed by atoms with Crippen LogP contribution in [0.15, 0.2) is 81.9 Å². The maximum atomic E-state index is 12.9. The minimum Gasteiger partial charge on any atom is -0.443 e. The SMILES string of the molecule is CC(C)C[C@@H](/C=C/S(=O)(=O)c1ccccc1)NC(=O)[C@H](C)NC(=O)[C@@H](NNC(=O)OC(C)(C)C)C(C)C.CCOP(=O)(CS(=O)(=O)c1ccccc1)OCC. The fourth-order valence-corrected chi connectivity index (χ4v) is 10.0. The Morgan fingerprint density at radius 3 is 1.75 bits per heavy atom. The number of nitrogens with one attached hydrogen (secondary N) is 4. The maximum Gasteiger partial charge on any atom is 0.422 e. The lowest BCUT2D eigenvalue weighted by Gasteiger charge is -2.26. The highest BCUT2D eigenvalue weighted by molar-refractivity contribution is 7.97. The van der Waals surface area contributed by atoms with E-state index in [2.05, 4.69) is 21.5 Å². The van der Waals surface area contributed by atoms with Crippen molar-refractivity contribution in [3.63, 3.8) is 0 Å². The van der Waals surface area contributed by atoms with E-state index in [0.29, 0.717) is 6.42 Å². The molecule has 2 rings (SSSR count). The van der Waals surface area contributed by atoms with Crippen molar-refractivity contribution >= 4 is 45.2 Å². The Bertz CT molecular complexity index is 1790. The van der Waals surface area contributed by atoms with Crippen molar-refractivity contribution in [3.8, 4) is 0 Å². The first-order chi connectivity index (χ1) is 25.4. The highest BCUT2D eigenvalue weighted by atomic mass is 32.2. The van der Waals surface area contributed by atoms with Crippen LogP contribution in [0.2, 0.25) is 0 Å². The van der Waals surface area contributed by atoms with E-state index in [9.17, 15) is 35.8 Å². The van der Waals surface area contributed by atoms with Gasteiger partial charge in [0.25, 0.3) is 0 Å². The molecule has 3 amide bonds. The van der Waals surface area contributed by atoms with Gasteiger partial charge in [0, 0.05) is 11.4 Å². The van der Waals surface area contributed by atoms with E-state index in [-0.39, 0.29) is 34.8 Å². The Balaban J connectivity index is 0.000000699. The van der Waals surface area contributed by atoms with Crippen molar-refractivity contribution in [3.05, 3.63) is 72.1 Å². The molecule has 4 N–H and O–H groups in total. The number of ether oxygens (including phenoxy) is 1. The number of carbonyl (C=O) groups is 3. The van der Waals surface area contributed by atoms with E-state index in [1.54, 1.807) is 84.9 Å². The summed E-state index contributed by atoms with van der Waals surface area (Å²) in [5.74, 6) is -1.00. The molecule has 0 heterocycles. The van der Waals surface area contributed by atoms with Gasteiger partial charge in [0.15, 0.2) is 25.2 Å². The van der Waals surface area contributed by atoms with Gasteiger partial charge in [-0.15, -0.1) is 0 Å². The molecule has 15 nitrogen and oxygen atoms in total. The molecule has 2 aromatic rings. The predicted molar refractivity (Wildman–Crippen MR) is 212 cm³/mol. The summed E-state index contributed by atoms with van der Waals surface area (Å²) in [7, 11) is -10.9. The lowest BCUT2D eigenvalue weighted by atomic mass is 10.0. The zero-order valence-electron chi connectivity index (χ0n) is 33.4. The predicted octanol–water partition coefficient (Wildman–Crippen LogP) is 5.75. The summed E-state index contributed by atoms with van der Waals surface area (Å²) in [6.07, 6.45) is 1.23. The first-order valence-corrected chi connectivity index (χ1v) is 22.9. The van der Waals surface area contributed by atoms with Crippen LogP contribution in [0.3, 0.4) is 0 Å². The quantitative estimate of drug-likeness (QED) is 0.0985. The van der Waals surface area contributed by atoms with Crippen molar-refractivity contribution in [1.82, 2.24) is 21.5 Å². The van der Waals surface area contributed by atoms with E-state index < -0.39 is 74.4 Å². The van der Waals surface area contributed by atoms with E-state index in [4.69, 9.17) is 13.8 Å². The second kappa shape index (κ2) is 22.8. The van der Waals surface area contributed by atoms with Gasteiger partial charge in [0.1, 0.15) is 17.7 Å². The third-order valence-corrected chi connectivity index (χ3v) is 13.5. The number of carbonyl (C=O) groups excluding carboxylic acids is 3. The third kappa shape index (κ3) is 19.2. The summed E-state index contributed by atoms with van der Waals surface area (Å²) in [5, 5.41) is 6.55. The summed E-state index contributed by atoms with van der Waals surface area (Å²) >= 11 is 0. The van der Waals surface area contributed by atoms with Gasteiger partial charge in [0.05, 0.1) is 23.0 Å². The molecule has 2 aromatic carbocycles. The van der Waals surface area contributed by atoms with E-state index in [1.165, 1.54) is 37.3 Å². The van der Waals surface area contributed by atoms with E-state index in [0.717, 1.165) is 5.41 Å². The highest BCUT2D eigenvalue weighted by Gasteiger charge is 2.32. The number of benzene rings is 2. The summed E-state index contributed by atoms with van der Waals surface area (Å²) in [5.41, 5.74) is 3.69. The summed E-state index contributed by atoms with van der Waals surface area (Å²) in [6, 6.07) is 13.6. The Labute approximate surface area is 327 Å². The molecular formula is C37H59N4O11PS2. The topological polar surface area (TPSA) is 212 Å². The molecule has 0 unspecified atom stereocenters. The molecule has 18 heteroatoms. The van der Waals surface area contributed by atoms with Crippen molar-refractivity contribution in [2.45, 2.75) is 109 Å². The molecule has 0 aromatic heterocycles. The third-order valence-electron chi connectivity index (χ3n) is 7.13. The van der Waals surface area contributed by atoms with Gasteiger partial charge in [-0.05, 0) is 84.1 Å². The van der Waals surface area contributed by atoms with Crippen molar-refractivity contribution in [1.29, 1.82) is 0 Å². The molecule has 0 fully saturated rings. The molecule has 0 radical (unpaired) electrons. The number of rotatable bonds is 19. The Kier molecular flexibility index (Phi) is 20.5. The minimum absolute atomic E-state index is 0.115. The van der Waals surface area contributed by atoms with Crippen molar-refractivity contribution in [2.24, 2.45) is 11.8 Å². The Morgan fingerprint density at radius 2 is 1.29 bits per heavy atom. The first-order valence-electron chi connectivity index (χ1n) is 17.9. The van der Waals surface area contributed by atoms with Gasteiger partial charge in [-0.2, -0.15) is 0 Å². The standard InChI is InChI=1S/C26H42N4O6S.C11H17O5PS/c1-17(2)16-20(14-15-37(34,35)21-12-10-9-11-13-21)28-23(31)19(5)27-24(32)22(18(3)4)29-30-25(33)36-26(6,7)8;1-3-15-17(12,16-4-2)10-18(13,14)11-8-6-5-7-9-11/h9-15,17-20,22,29H,16H2,1-8H3,(H,27,32)(H,28,31)(H,30,33);5-9H,3-4,10H2,1-2H3/b15-14+;/t19-,20+,22-;/m0./s1. The van der Waals surface area contributed by atoms with Gasteiger partial charge < -0.3 is 24.4 Å². The second-order valence-electron chi connectivity index (χ2n) is 14.2. The molecule has 0 aliphatic rings. The van der Waals surface area contributed by atoms with Gasteiger partial charge in [-0.25, -0.2) is 27.1 Å². The molecule has 0 bridgehead atoms. The first kappa shape index (κ1) is 49.4. The van der Waals surface area contributed by atoms with Crippen molar-refractivity contribution in [2.75, 3.05) is 18.7 Å². The molecule has 0 aliphatic heterocycles. The molecule has 310 valence electrons. The van der Waals surface area contributed by atoms with Crippen LogP contribution in [0.5, 0.6) is 0 Å². The number of hydrogen-bond donors (Lipinski definition) is 4. The summed E-state index contributed by atoms with van der Waals surface area (Å²) in [4.78, 5) is 37.9. The fourth-order valence-electron chi connectivity index (χ4n) is 4.65. The normalized spacial score (nSPS) is 14.0. The van der Waals surface area contributed by atoms with Crippen LogP contribution in [-0.4, -0.2) is 77.2 Å². The number of hydrogen-bond acceptors (Lipinski definition) is 12. The zero-order valence-corrected chi connectivity index (χ0v) is 35.9. The van der Waals surface area contributed by atoms with Crippen LogP contribution in [0.25, 0.3) is 0 Å². The van der Waals surface area contributed by atoms with Gasteiger partial charge in [-0.3, -0.25) is 19.6 Å². The number of hydrazine groups is 1. The van der Waals surface area contributed by atoms with Gasteiger partial charge in [-0.1, -0.05) is 70.2 Å². The molecule has 3 atom stereocenters. The van der Waals surface area contributed by atoms with Crippen LogP contribution in [0.4, 0.5) is 4.79 Å². The molecule has 55 heavy (non-hydrogen) atoms. The van der Waals surface area contributed by atoms with Crippen LogP contribution < -0.4 is 21.5 Å². The van der Waals surface area contributed by atoms with Gasteiger partial charge >= 0.3 is 13.7 Å².